The molecule has 1 amide bonds. The number of hydrogen-bond donors (Lipinski definition) is 2. The van der Waals surface area contributed by atoms with Gasteiger partial charge in [-0.1, -0.05) is 38.5 Å². The van der Waals surface area contributed by atoms with Gasteiger partial charge in [0.2, 0.25) is 5.43 Å². The summed E-state index contributed by atoms with van der Waals surface area (Å²) < 4.78 is 4.92. The first kappa shape index (κ1) is 17.6. The van der Waals surface area contributed by atoms with E-state index in [9.17, 15) is 9.59 Å². The molecule has 0 unspecified atom stereocenters. The fraction of sp³-hybridized carbons (Fsp3) is 0.667. The number of aromatic amines is 1. The van der Waals surface area contributed by atoms with Crippen molar-refractivity contribution in [2.45, 2.75) is 64.3 Å². The first-order chi connectivity index (χ1) is 10.9. The van der Waals surface area contributed by atoms with Crippen LogP contribution < -0.4 is 15.5 Å². The minimum absolute atomic E-state index is 0.208. The number of carbonyl (C=O) groups excluding carboxylic acids is 1. The average Bonchev–Trinajstić information content (AvgIpc) is 2.74. The fourth-order valence-electron chi connectivity index (χ4n) is 3.46. The Kier molecular flexibility index (Phi) is 5.85. The third-order valence-electron chi connectivity index (χ3n) is 4.57. The Morgan fingerprint density at radius 2 is 1.96 bits per heavy atom. The van der Waals surface area contributed by atoms with Crippen LogP contribution in [0.2, 0.25) is 0 Å². The summed E-state index contributed by atoms with van der Waals surface area (Å²) in [6, 6.07) is 1.29. The quantitative estimate of drug-likeness (QED) is 0.818. The zero-order valence-corrected chi connectivity index (χ0v) is 14.4. The monoisotopic (exact) mass is 320 g/mol. The second-order valence-corrected chi connectivity index (χ2v) is 7.18. The van der Waals surface area contributed by atoms with Crippen molar-refractivity contribution in [2.75, 3.05) is 7.11 Å². The molecule has 1 aliphatic rings. The number of rotatable bonds is 5. The summed E-state index contributed by atoms with van der Waals surface area (Å²) in [5.74, 6) is 0.630. The van der Waals surface area contributed by atoms with E-state index in [1.54, 1.807) is 0 Å². The van der Waals surface area contributed by atoms with Crippen molar-refractivity contribution in [3.63, 3.8) is 0 Å². The van der Waals surface area contributed by atoms with Crippen LogP contribution in [0.1, 0.15) is 69.3 Å². The number of carbonyl (C=O) groups is 1. The number of amides is 1. The number of hydrogen-bond acceptors (Lipinski definition) is 3. The van der Waals surface area contributed by atoms with Gasteiger partial charge >= 0.3 is 0 Å². The molecule has 2 rings (SSSR count). The molecule has 0 saturated heterocycles. The van der Waals surface area contributed by atoms with Crippen LogP contribution in [0, 0.1) is 5.92 Å². The van der Waals surface area contributed by atoms with Crippen LogP contribution in [-0.4, -0.2) is 23.5 Å². The minimum atomic E-state index is -0.294. The van der Waals surface area contributed by atoms with E-state index in [2.05, 4.69) is 24.1 Å². The van der Waals surface area contributed by atoms with Crippen molar-refractivity contribution in [3.05, 3.63) is 28.2 Å². The lowest BCUT2D eigenvalue weighted by Crippen LogP contribution is -2.45. The lowest BCUT2D eigenvalue weighted by molar-refractivity contribution is 0.0894. The van der Waals surface area contributed by atoms with E-state index in [0.29, 0.717) is 5.92 Å². The summed E-state index contributed by atoms with van der Waals surface area (Å²) in [5.41, 5.74) is -0.314. The highest BCUT2D eigenvalue weighted by Crippen LogP contribution is 2.29. The number of nitrogens with one attached hydrogen (secondary N) is 2. The smallest absolute Gasteiger partial charge is 0.268 e. The normalized spacial score (nSPS) is 16.7. The summed E-state index contributed by atoms with van der Waals surface area (Å²) in [4.78, 5) is 27.0. The van der Waals surface area contributed by atoms with Crippen LogP contribution >= 0.6 is 0 Å². The van der Waals surface area contributed by atoms with E-state index >= 15 is 0 Å². The first-order valence-electron chi connectivity index (χ1n) is 8.50. The summed E-state index contributed by atoms with van der Waals surface area (Å²) in [5, 5.41) is 3.06. The molecule has 1 heterocycles. The number of aromatic nitrogens is 1. The molecule has 0 bridgehead atoms. The fourth-order valence-corrected chi connectivity index (χ4v) is 3.46. The standard InChI is InChI=1S/C18H28N2O3/c1-18(2,11-13-8-6-4-5-7-9-13)20-17(22)14-10-15(21)16(23-3)12-19-14/h10,12-13H,4-9,11H2,1-3H3,(H,19,21)(H,20,22). The average molecular weight is 320 g/mol. The Morgan fingerprint density at radius 3 is 2.52 bits per heavy atom. The highest BCUT2D eigenvalue weighted by Gasteiger charge is 2.26. The molecule has 1 aromatic rings. The van der Waals surface area contributed by atoms with Gasteiger partial charge in [0.1, 0.15) is 5.69 Å². The van der Waals surface area contributed by atoms with Gasteiger partial charge in [-0.3, -0.25) is 9.59 Å². The lowest BCUT2D eigenvalue weighted by Gasteiger charge is -2.30. The summed E-state index contributed by atoms with van der Waals surface area (Å²) in [6.07, 6.45) is 10.1. The van der Waals surface area contributed by atoms with Gasteiger partial charge in [0.05, 0.1) is 7.11 Å². The second-order valence-electron chi connectivity index (χ2n) is 7.18. The molecule has 1 saturated carbocycles. The van der Waals surface area contributed by atoms with Crippen LogP contribution in [0.25, 0.3) is 0 Å². The van der Waals surface area contributed by atoms with Gasteiger partial charge in [0, 0.05) is 17.8 Å². The Bertz CT molecular complexity index is 584. The predicted molar refractivity (Wildman–Crippen MR) is 91.0 cm³/mol. The van der Waals surface area contributed by atoms with Crippen molar-refractivity contribution in [1.29, 1.82) is 0 Å². The Morgan fingerprint density at radius 1 is 1.30 bits per heavy atom. The second kappa shape index (κ2) is 7.66. The molecule has 0 aromatic carbocycles. The number of H-pyrrole nitrogens is 1. The van der Waals surface area contributed by atoms with Crippen molar-refractivity contribution in [1.82, 2.24) is 10.3 Å². The summed E-state index contributed by atoms with van der Waals surface area (Å²) in [7, 11) is 1.43. The Hall–Kier alpha value is -1.78. The zero-order chi connectivity index (χ0) is 16.9. The molecule has 5 heteroatoms. The Labute approximate surface area is 137 Å². The summed E-state index contributed by atoms with van der Waals surface area (Å²) >= 11 is 0. The zero-order valence-electron chi connectivity index (χ0n) is 14.4. The number of ether oxygens (including phenoxy) is 1. The van der Waals surface area contributed by atoms with Crippen LogP contribution in [0.5, 0.6) is 5.75 Å². The molecule has 0 aliphatic heterocycles. The maximum Gasteiger partial charge on any atom is 0.268 e. The van der Waals surface area contributed by atoms with E-state index in [1.807, 2.05) is 0 Å². The molecular weight excluding hydrogens is 292 g/mol. The van der Waals surface area contributed by atoms with Crippen molar-refractivity contribution in [3.8, 4) is 5.75 Å². The predicted octanol–water partition coefficient (Wildman–Crippen LogP) is 3.25. The maximum absolute atomic E-state index is 12.4. The van der Waals surface area contributed by atoms with Crippen LogP contribution in [0.15, 0.2) is 17.1 Å². The van der Waals surface area contributed by atoms with Gasteiger partial charge in [-0.2, -0.15) is 0 Å². The number of methoxy groups -OCH3 is 1. The Balaban J connectivity index is 1.99. The van der Waals surface area contributed by atoms with Crippen LogP contribution in [-0.2, 0) is 0 Å². The molecule has 128 valence electrons. The third kappa shape index (κ3) is 5.12. The molecule has 0 radical (unpaired) electrons. The minimum Gasteiger partial charge on any atom is -0.491 e. The van der Waals surface area contributed by atoms with Crippen LogP contribution in [0.4, 0.5) is 0 Å². The molecule has 5 nitrogen and oxygen atoms in total. The van der Waals surface area contributed by atoms with Gasteiger partial charge in [0.25, 0.3) is 5.91 Å². The molecule has 1 aromatic heterocycles. The van der Waals surface area contributed by atoms with E-state index in [4.69, 9.17) is 4.74 Å². The molecule has 0 atom stereocenters. The summed E-state index contributed by atoms with van der Waals surface area (Å²) in [6.45, 7) is 4.11. The molecule has 2 N–H and O–H groups in total. The molecule has 0 spiro atoms. The molecule has 23 heavy (non-hydrogen) atoms. The maximum atomic E-state index is 12.4. The number of pyridine rings is 1. The topological polar surface area (TPSA) is 71.2 Å². The third-order valence-corrected chi connectivity index (χ3v) is 4.57. The van der Waals surface area contributed by atoms with Gasteiger partial charge in [0.15, 0.2) is 5.75 Å². The first-order valence-corrected chi connectivity index (χ1v) is 8.50. The molecule has 1 fully saturated rings. The van der Waals surface area contributed by atoms with Crippen LogP contribution in [0.3, 0.4) is 0 Å². The van der Waals surface area contributed by atoms with Gasteiger partial charge in [-0.15, -0.1) is 0 Å². The largest absolute Gasteiger partial charge is 0.491 e. The molecular formula is C18H28N2O3. The van der Waals surface area contributed by atoms with E-state index in [1.165, 1.54) is 57.9 Å². The van der Waals surface area contributed by atoms with E-state index in [-0.39, 0.29) is 28.3 Å². The molecule has 1 aliphatic carbocycles. The van der Waals surface area contributed by atoms with E-state index in [0.717, 1.165) is 6.42 Å². The van der Waals surface area contributed by atoms with Gasteiger partial charge in [-0.05, 0) is 26.2 Å². The van der Waals surface area contributed by atoms with Gasteiger partial charge in [-0.25, -0.2) is 0 Å². The highest BCUT2D eigenvalue weighted by molar-refractivity contribution is 5.92. The van der Waals surface area contributed by atoms with Crippen molar-refractivity contribution < 1.29 is 9.53 Å². The van der Waals surface area contributed by atoms with Gasteiger partial charge < -0.3 is 15.0 Å². The SMILES string of the molecule is COc1c[nH]c(C(=O)NC(C)(C)CC2CCCCCC2)cc1=O. The van der Waals surface area contributed by atoms with Crippen molar-refractivity contribution >= 4 is 5.91 Å². The van der Waals surface area contributed by atoms with E-state index < -0.39 is 0 Å². The van der Waals surface area contributed by atoms with Crippen molar-refractivity contribution in [2.24, 2.45) is 5.92 Å². The lowest BCUT2D eigenvalue weighted by atomic mass is 9.86. The highest BCUT2D eigenvalue weighted by atomic mass is 16.5.